The second kappa shape index (κ2) is 5.89. The Bertz CT molecular complexity index is 495. The van der Waals surface area contributed by atoms with E-state index in [0.29, 0.717) is 6.04 Å². The van der Waals surface area contributed by atoms with E-state index in [-0.39, 0.29) is 0 Å². The Balaban J connectivity index is 1.65. The summed E-state index contributed by atoms with van der Waals surface area (Å²) in [5.74, 6) is 0. The van der Waals surface area contributed by atoms with Gasteiger partial charge in [0, 0.05) is 31.4 Å². The quantitative estimate of drug-likeness (QED) is 0.903. The van der Waals surface area contributed by atoms with Crippen molar-refractivity contribution in [1.82, 2.24) is 5.32 Å². The smallest absolute Gasteiger partial charge is 0.0367 e. The van der Waals surface area contributed by atoms with Gasteiger partial charge in [-0.1, -0.05) is 48.5 Å². The molecule has 1 unspecified atom stereocenters. The van der Waals surface area contributed by atoms with Crippen molar-refractivity contribution in [3.63, 3.8) is 0 Å². The van der Waals surface area contributed by atoms with Gasteiger partial charge in [-0.15, -0.1) is 0 Å². The molecule has 0 aromatic heterocycles. The van der Waals surface area contributed by atoms with Crippen molar-refractivity contribution in [2.75, 3.05) is 24.5 Å². The van der Waals surface area contributed by atoms with Gasteiger partial charge in [-0.05, 0) is 24.1 Å². The molecule has 2 heteroatoms. The SMILES string of the molecule is c1ccc(CC2CN(c3ccccc3)CCN2)cc1. The number of hydrogen-bond acceptors (Lipinski definition) is 2. The lowest BCUT2D eigenvalue weighted by atomic mass is 10.0. The van der Waals surface area contributed by atoms with Gasteiger partial charge in [0.05, 0.1) is 0 Å². The molecule has 3 rings (SSSR count). The van der Waals surface area contributed by atoms with E-state index >= 15 is 0 Å². The van der Waals surface area contributed by atoms with Crippen LogP contribution in [0, 0.1) is 0 Å². The van der Waals surface area contributed by atoms with E-state index < -0.39 is 0 Å². The van der Waals surface area contributed by atoms with E-state index in [4.69, 9.17) is 0 Å². The lowest BCUT2D eigenvalue weighted by Gasteiger charge is -2.35. The molecule has 1 fully saturated rings. The molecule has 2 aromatic carbocycles. The normalized spacial score (nSPS) is 19.4. The Morgan fingerprint density at radius 1 is 0.947 bits per heavy atom. The summed E-state index contributed by atoms with van der Waals surface area (Å²) in [7, 11) is 0. The highest BCUT2D eigenvalue weighted by molar-refractivity contribution is 5.46. The predicted octanol–water partition coefficient (Wildman–Crippen LogP) is 2.71. The fourth-order valence-electron chi connectivity index (χ4n) is 2.73. The lowest BCUT2D eigenvalue weighted by Crippen LogP contribution is -2.51. The Hall–Kier alpha value is -1.80. The summed E-state index contributed by atoms with van der Waals surface area (Å²) in [6.07, 6.45) is 1.10. The fourth-order valence-corrected chi connectivity index (χ4v) is 2.73. The van der Waals surface area contributed by atoms with Crippen molar-refractivity contribution in [3.05, 3.63) is 66.2 Å². The van der Waals surface area contributed by atoms with Crippen molar-refractivity contribution in [2.24, 2.45) is 0 Å². The van der Waals surface area contributed by atoms with Gasteiger partial charge in [-0.25, -0.2) is 0 Å². The molecule has 1 aliphatic heterocycles. The highest BCUT2D eigenvalue weighted by atomic mass is 15.2. The van der Waals surface area contributed by atoms with Crippen LogP contribution in [0.3, 0.4) is 0 Å². The summed E-state index contributed by atoms with van der Waals surface area (Å²) in [4.78, 5) is 2.48. The first-order valence-electron chi connectivity index (χ1n) is 6.99. The standard InChI is InChI=1S/C17H20N2/c1-3-7-15(8-4-1)13-16-14-19(12-11-18-16)17-9-5-2-6-10-17/h1-10,16,18H,11-14H2. The van der Waals surface area contributed by atoms with Gasteiger partial charge in [0.15, 0.2) is 0 Å². The molecule has 1 saturated heterocycles. The van der Waals surface area contributed by atoms with Crippen LogP contribution in [0.25, 0.3) is 0 Å². The first-order chi connectivity index (χ1) is 9.42. The molecule has 0 saturated carbocycles. The van der Waals surface area contributed by atoms with Crippen LogP contribution in [0.4, 0.5) is 5.69 Å². The summed E-state index contributed by atoms with van der Waals surface area (Å²) in [5, 5.41) is 3.63. The molecule has 0 amide bonds. The molecule has 1 N–H and O–H groups in total. The van der Waals surface area contributed by atoms with Gasteiger partial charge in [0.1, 0.15) is 0 Å². The summed E-state index contributed by atoms with van der Waals surface area (Å²) in [6.45, 7) is 3.24. The minimum absolute atomic E-state index is 0.538. The number of rotatable bonds is 3. The molecule has 0 bridgehead atoms. The molecular formula is C17H20N2. The van der Waals surface area contributed by atoms with Crippen molar-refractivity contribution in [1.29, 1.82) is 0 Å². The fraction of sp³-hybridized carbons (Fsp3) is 0.294. The van der Waals surface area contributed by atoms with E-state index in [0.717, 1.165) is 26.1 Å². The van der Waals surface area contributed by atoms with Crippen LogP contribution >= 0.6 is 0 Å². The molecule has 1 atom stereocenters. The zero-order chi connectivity index (χ0) is 12.9. The van der Waals surface area contributed by atoms with Gasteiger partial charge in [0.25, 0.3) is 0 Å². The summed E-state index contributed by atoms with van der Waals surface area (Å²) in [5.41, 5.74) is 2.75. The van der Waals surface area contributed by atoms with Crippen LogP contribution < -0.4 is 10.2 Å². The molecule has 2 aromatic rings. The summed E-state index contributed by atoms with van der Waals surface area (Å²) >= 11 is 0. The molecule has 19 heavy (non-hydrogen) atoms. The molecule has 0 spiro atoms. The second-order valence-electron chi connectivity index (χ2n) is 5.12. The highest BCUT2D eigenvalue weighted by Gasteiger charge is 2.19. The van der Waals surface area contributed by atoms with Gasteiger partial charge in [-0.2, -0.15) is 0 Å². The van der Waals surface area contributed by atoms with Crippen molar-refractivity contribution >= 4 is 5.69 Å². The number of para-hydroxylation sites is 1. The number of nitrogens with zero attached hydrogens (tertiary/aromatic N) is 1. The lowest BCUT2D eigenvalue weighted by molar-refractivity contribution is 0.455. The van der Waals surface area contributed by atoms with Crippen LogP contribution in [0.1, 0.15) is 5.56 Å². The van der Waals surface area contributed by atoms with E-state index in [9.17, 15) is 0 Å². The monoisotopic (exact) mass is 252 g/mol. The summed E-state index contributed by atoms with van der Waals surface area (Å²) < 4.78 is 0. The zero-order valence-corrected chi connectivity index (χ0v) is 11.1. The molecule has 0 aliphatic carbocycles. The maximum Gasteiger partial charge on any atom is 0.0367 e. The summed E-state index contributed by atoms with van der Waals surface area (Å²) in [6, 6.07) is 22.0. The average Bonchev–Trinajstić information content (AvgIpc) is 2.49. The van der Waals surface area contributed by atoms with Crippen LogP contribution in [-0.4, -0.2) is 25.7 Å². The average molecular weight is 252 g/mol. The Morgan fingerprint density at radius 3 is 2.37 bits per heavy atom. The Morgan fingerprint density at radius 2 is 1.63 bits per heavy atom. The second-order valence-corrected chi connectivity index (χ2v) is 5.12. The number of hydrogen-bond donors (Lipinski definition) is 1. The molecule has 2 nitrogen and oxygen atoms in total. The Kier molecular flexibility index (Phi) is 3.80. The van der Waals surface area contributed by atoms with E-state index in [2.05, 4.69) is 70.9 Å². The van der Waals surface area contributed by atoms with Gasteiger partial charge >= 0.3 is 0 Å². The van der Waals surface area contributed by atoms with Crippen molar-refractivity contribution in [3.8, 4) is 0 Å². The van der Waals surface area contributed by atoms with Crippen LogP contribution in [0.5, 0.6) is 0 Å². The minimum Gasteiger partial charge on any atom is -0.369 e. The topological polar surface area (TPSA) is 15.3 Å². The van der Waals surface area contributed by atoms with Gasteiger partial charge in [0.2, 0.25) is 0 Å². The first kappa shape index (κ1) is 12.2. The zero-order valence-electron chi connectivity index (χ0n) is 11.1. The van der Waals surface area contributed by atoms with Crippen molar-refractivity contribution < 1.29 is 0 Å². The third-order valence-corrected chi connectivity index (χ3v) is 3.70. The number of nitrogens with one attached hydrogen (secondary N) is 1. The maximum absolute atomic E-state index is 3.63. The van der Waals surface area contributed by atoms with E-state index in [1.54, 1.807) is 0 Å². The third-order valence-electron chi connectivity index (χ3n) is 3.70. The molecule has 1 aliphatic rings. The largest absolute Gasteiger partial charge is 0.369 e. The molecule has 98 valence electrons. The maximum atomic E-state index is 3.63. The highest BCUT2D eigenvalue weighted by Crippen LogP contribution is 2.16. The van der Waals surface area contributed by atoms with E-state index in [1.807, 2.05) is 0 Å². The van der Waals surface area contributed by atoms with Gasteiger partial charge in [-0.3, -0.25) is 0 Å². The number of anilines is 1. The first-order valence-corrected chi connectivity index (χ1v) is 6.99. The predicted molar refractivity (Wildman–Crippen MR) is 80.6 cm³/mol. The molecular weight excluding hydrogens is 232 g/mol. The van der Waals surface area contributed by atoms with E-state index in [1.165, 1.54) is 11.3 Å². The molecule has 1 heterocycles. The van der Waals surface area contributed by atoms with Crippen molar-refractivity contribution in [2.45, 2.75) is 12.5 Å². The number of benzene rings is 2. The Labute approximate surface area is 115 Å². The van der Waals surface area contributed by atoms with Crippen LogP contribution in [-0.2, 0) is 6.42 Å². The minimum atomic E-state index is 0.538. The number of piperazine rings is 1. The van der Waals surface area contributed by atoms with Crippen LogP contribution in [0.15, 0.2) is 60.7 Å². The van der Waals surface area contributed by atoms with Gasteiger partial charge < -0.3 is 10.2 Å². The molecule has 0 radical (unpaired) electrons. The third kappa shape index (κ3) is 3.15. The van der Waals surface area contributed by atoms with Crippen LogP contribution in [0.2, 0.25) is 0 Å².